The first-order chi connectivity index (χ1) is 12.3. The second-order valence-corrected chi connectivity index (χ2v) is 6.11. The normalized spacial score (nSPS) is 13.2. The number of nitrogens with one attached hydrogen (secondary N) is 1. The van der Waals surface area contributed by atoms with Crippen molar-refractivity contribution >= 4 is 23.0 Å². The molecule has 0 atom stereocenters. The van der Waals surface area contributed by atoms with Crippen molar-refractivity contribution < 1.29 is 4.79 Å². The molecule has 2 aromatic carbocycles. The zero-order chi connectivity index (χ0) is 17.1. The Hall–Kier alpha value is -3.14. The number of aromatic nitrogens is 1. The molecule has 2 heterocycles. The van der Waals surface area contributed by atoms with Crippen molar-refractivity contribution in [2.75, 3.05) is 16.8 Å². The van der Waals surface area contributed by atoms with Crippen LogP contribution < -0.4 is 10.2 Å². The van der Waals surface area contributed by atoms with E-state index in [0.29, 0.717) is 5.69 Å². The lowest BCUT2D eigenvalue weighted by molar-refractivity contribution is 0.102. The van der Waals surface area contributed by atoms with Crippen molar-refractivity contribution in [1.82, 2.24) is 4.98 Å². The monoisotopic (exact) mass is 329 g/mol. The maximum absolute atomic E-state index is 12.3. The number of amides is 1. The number of pyridine rings is 1. The van der Waals surface area contributed by atoms with Gasteiger partial charge in [0, 0.05) is 17.9 Å². The van der Waals surface area contributed by atoms with Crippen LogP contribution in [-0.4, -0.2) is 17.4 Å². The molecule has 1 amide bonds. The van der Waals surface area contributed by atoms with Crippen molar-refractivity contribution in [2.24, 2.45) is 0 Å². The van der Waals surface area contributed by atoms with E-state index in [1.165, 1.54) is 11.3 Å². The van der Waals surface area contributed by atoms with Crippen molar-refractivity contribution in [1.29, 1.82) is 0 Å². The summed E-state index contributed by atoms with van der Waals surface area (Å²) in [7, 11) is 0. The Morgan fingerprint density at radius 2 is 1.76 bits per heavy atom. The van der Waals surface area contributed by atoms with Crippen molar-refractivity contribution in [2.45, 2.75) is 12.8 Å². The zero-order valence-electron chi connectivity index (χ0n) is 13.9. The average molecular weight is 329 g/mol. The fourth-order valence-corrected chi connectivity index (χ4v) is 3.20. The Labute approximate surface area is 147 Å². The van der Waals surface area contributed by atoms with Crippen LogP contribution in [0.25, 0.3) is 0 Å². The molecule has 1 N–H and O–H groups in total. The molecule has 0 bridgehead atoms. The van der Waals surface area contributed by atoms with Crippen molar-refractivity contribution in [3.63, 3.8) is 0 Å². The van der Waals surface area contributed by atoms with Crippen molar-refractivity contribution in [3.8, 4) is 0 Å². The summed E-state index contributed by atoms with van der Waals surface area (Å²) in [6.45, 7) is 0.967. The Morgan fingerprint density at radius 1 is 0.960 bits per heavy atom. The van der Waals surface area contributed by atoms with E-state index in [-0.39, 0.29) is 5.91 Å². The summed E-state index contributed by atoms with van der Waals surface area (Å²) in [6, 6.07) is 21.6. The molecule has 1 aliphatic heterocycles. The molecule has 0 saturated carbocycles. The molecule has 0 spiro atoms. The third-order valence-corrected chi connectivity index (χ3v) is 4.43. The van der Waals surface area contributed by atoms with Gasteiger partial charge in [-0.25, -0.2) is 4.98 Å². The van der Waals surface area contributed by atoms with Crippen LogP contribution in [0.5, 0.6) is 0 Å². The van der Waals surface area contributed by atoms with Crippen LogP contribution in [0.4, 0.5) is 17.1 Å². The molecule has 4 heteroatoms. The van der Waals surface area contributed by atoms with Gasteiger partial charge in [-0.1, -0.05) is 36.4 Å². The predicted molar refractivity (Wildman–Crippen MR) is 100 cm³/mol. The summed E-state index contributed by atoms with van der Waals surface area (Å²) in [6.07, 6.45) is 4.01. The van der Waals surface area contributed by atoms with Crippen LogP contribution in [0.2, 0.25) is 0 Å². The number of hydrogen-bond donors (Lipinski definition) is 1. The minimum absolute atomic E-state index is 0.197. The van der Waals surface area contributed by atoms with E-state index in [4.69, 9.17) is 0 Å². The van der Waals surface area contributed by atoms with E-state index in [9.17, 15) is 4.79 Å². The SMILES string of the molecule is O=C(Nc1ccccc1)c1ccc(N2CCCc3ccccc32)cn1. The Bertz CT molecular complexity index is 875. The quantitative estimate of drug-likeness (QED) is 0.774. The number of rotatable bonds is 3. The summed E-state index contributed by atoms with van der Waals surface area (Å²) in [5.41, 5.74) is 4.79. The average Bonchev–Trinajstić information content (AvgIpc) is 2.68. The first-order valence-electron chi connectivity index (χ1n) is 8.49. The minimum Gasteiger partial charge on any atom is -0.340 e. The molecule has 3 aromatic rings. The molecule has 25 heavy (non-hydrogen) atoms. The highest BCUT2D eigenvalue weighted by atomic mass is 16.1. The molecular weight excluding hydrogens is 310 g/mol. The minimum atomic E-state index is -0.197. The number of carbonyl (C=O) groups is 1. The number of anilines is 3. The van der Waals surface area contributed by atoms with E-state index in [0.717, 1.165) is 30.8 Å². The van der Waals surface area contributed by atoms with Gasteiger partial charge in [0.25, 0.3) is 5.91 Å². The second kappa shape index (κ2) is 6.77. The lowest BCUT2D eigenvalue weighted by Gasteiger charge is -2.31. The van der Waals surface area contributed by atoms with E-state index < -0.39 is 0 Å². The molecule has 0 radical (unpaired) electrons. The maximum atomic E-state index is 12.3. The number of aryl methyl sites for hydroxylation is 1. The van der Waals surface area contributed by atoms with Gasteiger partial charge in [-0.05, 0) is 48.7 Å². The third kappa shape index (κ3) is 3.24. The number of fused-ring (bicyclic) bond motifs is 1. The molecule has 0 saturated heterocycles. The predicted octanol–water partition coefficient (Wildman–Crippen LogP) is 4.42. The third-order valence-electron chi connectivity index (χ3n) is 4.43. The van der Waals surface area contributed by atoms with Crippen LogP contribution in [0.15, 0.2) is 72.9 Å². The number of benzene rings is 2. The second-order valence-electron chi connectivity index (χ2n) is 6.11. The molecule has 0 aliphatic carbocycles. The molecule has 4 rings (SSSR count). The molecule has 4 nitrogen and oxygen atoms in total. The van der Waals surface area contributed by atoms with Crippen LogP contribution in [-0.2, 0) is 6.42 Å². The lowest BCUT2D eigenvalue weighted by Crippen LogP contribution is -2.24. The molecule has 0 unspecified atom stereocenters. The number of nitrogens with zero attached hydrogens (tertiary/aromatic N) is 2. The van der Waals surface area contributed by atoms with Crippen LogP contribution in [0.3, 0.4) is 0 Å². The Kier molecular flexibility index (Phi) is 4.17. The van der Waals surface area contributed by atoms with Gasteiger partial charge < -0.3 is 10.2 Å². The summed E-state index contributed by atoms with van der Waals surface area (Å²) >= 11 is 0. The summed E-state index contributed by atoms with van der Waals surface area (Å²) in [5.74, 6) is -0.197. The van der Waals surface area contributed by atoms with E-state index in [2.05, 4.69) is 39.5 Å². The number of carbonyl (C=O) groups excluding carboxylic acids is 1. The largest absolute Gasteiger partial charge is 0.340 e. The highest BCUT2D eigenvalue weighted by Gasteiger charge is 2.18. The van der Waals surface area contributed by atoms with Gasteiger partial charge in [-0.2, -0.15) is 0 Å². The zero-order valence-corrected chi connectivity index (χ0v) is 13.9. The van der Waals surface area contributed by atoms with E-state index in [1.807, 2.05) is 36.4 Å². The fraction of sp³-hybridized carbons (Fsp3) is 0.143. The van der Waals surface area contributed by atoms with Crippen LogP contribution in [0, 0.1) is 0 Å². The highest BCUT2D eigenvalue weighted by Crippen LogP contribution is 2.32. The van der Waals surface area contributed by atoms with E-state index >= 15 is 0 Å². The summed E-state index contributed by atoms with van der Waals surface area (Å²) in [4.78, 5) is 19.0. The summed E-state index contributed by atoms with van der Waals surface area (Å²) in [5, 5.41) is 2.86. The van der Waals surface area contributed by atoms with Gasteiger partial charge in [0.15, 0.2) is 0 Å². The number of para-hydroxylation sites is 2. The first-order valence-corrected chi connectivity index (χ1v) is 8.49. The molecule has 1 aromatic heterocycles. The van der Waals surface area contributed by atoms with E-state index in [1.54, 1.807) is 12.3 Å². The van der Waals surface area contributed by atoms with Crippen molar-refractivity contribution in [3.05, 3.63) is 84.2 Å². The first kappa shape index (κ1) is 15.4. The molecule has 0 fully saturated rings. The maximum Gasteiger partial charge on any atom is 0.274 e. The van der Waals surface area contributed by atoms with Gasteiger partial charge in [-0.3, -0.25) is 4.79 Å². The van der Waals surface area contributed by atoms with Gasteiger partial charge in [0.1, 0.15) is 5.69 Å². The van der Waals surface area contributed by atoms with Gasteiger partial charge in [0.2, 0.25) is 0 Å². The topological polar surface area (TPSA) is 45.2 Å². The van der Waals surface area contributed by atoms with Gasteiger partial charge >= 0.3 is 0 Å². The van der Waals surface area contributed by atoms with Gasteiger partial charge in [0.05, 0.1) is 11.9 Å². The molecule has 124 valence electrons. The molecule has 1 aliphatic rings. The summed E-state index contributed by atoms with van der Waals surface area (Å²) < 4.78 is 0. The number of hydrogen-bond acceptors (Lipinski definition) is 3. The molecular formula is C21H19N3O. The van der Waals surface area contributed by atoms with Crippen LogP contribution in [0.1, 0.15) is 22.5 Å². The van der Waals surface area contributed by atoms with Crippen LogP contribution >= 0.6 is 0 Å². The lowest BCUT2D eigenvalue weighted by atomic mass is 10.0. The standard InChI is InChI=1S/C21H19N3O/c25-21(23-17-9-2-1-3-10-17)19-13-12-18(15-22-19)24-14-6-8-16-7-4-5-11-20(16)24/h1-5,7,9-13,15H,6,8,14H2,(H,23,25). The van der Waals surface area contributed by atoms with Gasteiger partial charge in [-0.15, -0.1) is 0 Å². The fourth-order valence-electron chi connectivity index (χ4n) is 3.20. The Morgan fingerprint density at radius 3 is 2.56 bits per heavy atom. The smallest absolute Gasteiger partial charge is 0.274 e. The Balaban J connectivity index is 1.54. The highest BCUT2D eigenvalue weighted by molar-refractivity contribution is 6.02.